The molecule has 0 unspecified atom stereocenters. The number of halogens is 1. The van der Waals surface area contributed by atoms with E-state index >= 15 is 0 Å². The van der Waals surface area contributed by atoms with Gasteiger partial charge >= 0.3 is 0 Å². The van der Waals surface area contributed by atoms with Crippen LogP contribution in [0.15, 0.2) is 91.3 Å². The van der Waals surface area contributed by atoms with Crippen molar-refractivity contribution >= 4 is 5.91 Å². The molecule has 7 heteroatoms. The molecule has 5 rings (SSSR count). The molecular weight excluding hydrogens is 457 g/mol. The van der Waals surface area contributed by atoms with Gasteiger partial charge < -0.3 is 14.4 Å². The minimum absolute atomic E-state index is 0.0380. The lowest BCUT2D eigenvalue weighted by Crippen LogP contribution is -2.37. The molecule has 1 aliphatic rings. The van der Waals surface area contributed by atoms with Gasteiger partial charge in [0.2, 0.25) is 0 Å². The number of amides is 1. The Hall–Kier alpha value is -3.97. The lowest BCUT2D eigenvalue weighted by Gasteiger charge is -2.26. The third-order valence-electron chi connectivity index (χ3n) is 6.21. The Bertz CT molecular complexity index is 1270. The summed E-state index contributed by atoms with van der Waals surface area (Å²) in [5.41, 5.74) is 3.29. The Balaban J connectivity index is 1.26. The Labute approximate surface area is 209 Å². The molecule has 1 aliphatic heterocycles. The molecule has 3 aromatic carbocycles. The van der Waals surface area contributed by atoms with E-state index < -0.39 is 0 Å². The van der Waals surface area contributed by atoms with Crippen molar-refractivity contribution in [3.8, 4) is 11.4 Å². The van der Waals surface area contributed by atoms with E-state index in [1.54, 1.807) is 16.9 Å². The molecule has 0 saturated carbocycles. The van der Waals surface area contributed by atoms with E-state index in [4.69, 9.17) is 9.47 Å². The molecule has 1 saturated heterocycles. The number of rotatable bonds is 9. The van der Waals surface area contributed by atoms with E-state index in [9.17, 15) is 9.18 Å². The fourth-order valence-electron chi connectivity index (χ4n) is 4.32. The van der Waals surface area contributed by atoms with Crippen molar-refractivity contribution in [2.24, 2.45) is 0 Å². The normalized spacial score (nSPS) is 15.1. The first-order valence-electron chi connectivity index (χ1n) is 12.1. The van der Waals surface area contributed by atoms with E-state index in [1.165, 1.54) is 12.1 Å². The molecule has 1 aromatic heterocycles. The summed E-state index contributed by atoms with van der Waals surface area (Å²) in [6.07, 6.45) is 5.61. The molecule has 0 N–H and O–H groups in total. The summed E-state index contributed by atoms with van der Waals surface area (Å²) in [7, 11) is 0. The van der Waals surface area contributed by atoms with Crippen LogP contribution in [0.2, 0.25) is 0 Å². The average Bonchev–Trinajstić information content (AvgIpc) is 3.63. The highest BCUT2D eigenvalue weighted by Gasteiger charge is 2.24. The van der Waals surface area contributed by atoms with Gasteiger partial charge in [0.25, 0.3) is 5.91 Å². The number of aromatic nitrogens is 2. The van der Waals surface area contributed by atoms with E-state index in [0.29, 0.717) is 24.4 Å². The molecule has 0 aliphatic carbocycles. The second-order valence-corrected chi connectivity index (χ2v) is 8.88. The van der Waals surface area contributed by atoms with Crippen LogP contribution in [-0.2, 0) is 17.9 Å². The lowest BCUT2D eigenvalue weighted by atomic mass is 10.1. The van der Waals surface area contributed by atoms with E-state index in [2.05, 4.69) is 5.10 Å². The fourth-order valence-corrected chi connectivity index (χ4v) is 4.32. The molecule has 4 aromatic rings. The zero-order chi connectivity index (χ0) is 24.7. The summed E-state index contributed by atoms with van der Waals surface area (Å²) in [6, 6.07) is 23.4. The summed E-state index contributed by atoms with van der Waals surface area (Å²) in [5, 5.41) is 4.24. The predicted molar refractivity (Wildman–Crippen MR) is 134 cm³/mol. The standard InChI is InChI=1S/C29H28FN3O3/c30-25-5-1-4-23(18-25)21-36-27-13-7-22(8-14-27)19-32(20-28-6-2-17-35-28)29(34)24-9-11-26(12-10-24)33-16-3-15-31-33/h1,3-5,7-16,18,28H,2,6,17,19-21H2/t28-/m0/s1. The van der Waals surface area contributed by atoms with Crippen molar-refractivity contribution in [3.63, 3.8) is 0 Å². The first-order chi connectivity index (χ1) is 17.6. The van der Waals surface area contributed by atoms with Gasteiger partial charge in [0.1, 0.15) is 18.2 Å². The monoisotopic (exact) mass is 485 g/mol. The second-order valence-electron chi connectivity index (χ2n) is 8.88. The summed E-state index contributed by atoms with van der Waals surface area (Å²) in [4.78, 5) is 15.3. The van der Waals surface area contributed by atoms with Gasteiger partial charge in [0, 0.05) is 37.7 Å². The highest BCUT2D eigenvalue weighted by molar-refractivity contribution is 5.94. The van der Waals surface area contributed by atoms with Crippen LogP contribution in [-0.4, -0.2) is 39.8 Å². The van der Waals surface area contributed by atoms with Crippen LogP contribution in [0.5, 0.6) is 5.75 Å². The number of carbonyl (C=O) groups is 1. The topological polar surface area (TPSA) is 56.6 Å². The molecule has 2 heterocycles. The first-order valence-corrected chi connectivity index (χ1v) is 12.1. The largest absolute Gasteiger partial charge is 0.489 e. The molecule has 6 nitrogen and oxygen atoms in total. The Morgan fingerprint density at radius 3 is 2.58 bits per heavy atom. The number of ether oxygens (including phenoxy) is 2. The van der Waals surface area contributed by atoms with E-state index in [0.717, 1.165) is 36.3 Å². The molecule has 1 fully saturated rings. The Kier molecular flexibility index (Phi) is 7.38. The minimum atomic E-state index is -0.279. The van der Waals surface area contributed by atoms with Gasteiger partial charge in [0.05, 0.1) is 11.8 Å². The minimum Gasteiger partial charge on any atom is -0.489 e. The van der Waals surface area contributed by atoms with Crippen molar-refractivity contribution in [1.82, 2.24) is 14.7 Å². The second kappa shape index (κ2) is 11.2. The Morgan fingerprint density at radius 1 is 1.06 bits per heavy atom. The van der Waals surface area contributed by atoms with Gasteiger partial charge in [-0.1, -0.05) is 24.3 Å². The van der Waals surface area contributed by atoms with Crippen molar-refractivity contribution < 1.29 is 18.7 Å². The molecule has 184 valence electrons. The third-order valence-corrected chi connectivity index (χ3v) is 6.21. The van der Waals surface area contributed by atoms with Gasteiger partial charge in [-0.15, -0.1) is 0 Å². The molecule has 0 spiro atoms. The van der Waals surface area contributed by atoms with Crippen LogP contribution >= 0.6 is 0 Å². The highest BCUT2D eigenvalue weighted by Crippen LogP contribution is 2.20. The van der Waals surface area contributed by atoms with Gasteiger partial charge in [-0.25, -0.2) is 9.07 Å². The summed E-state index contributed by atoms with van der Waals surface area (Å²) < 4.78 is 26.8. The zero-order valence-electron chi connectivity index (χ0n) is 19.9. The maximum atomic E-state index is 13.5. The number of nitrogens with zero attached hydrogens (tertiary/aromatic N) is 3. The maximum Gasteiger partial charge on any atom is 0.254 e. The van der Waals surface area contributed by atoms with Crippen LogP contribution in [0.25, 0.3) is 5.69 Å². The van der Waals surface area contributed by atoms with Gasteiger partial charge in [-0.2, -0.15) is 5.10 Å². The summed E-state index contributed by atoms with van der Waals surface area (Å²) in [6.45, 7) is 2.03. The smallest absolute Gasteiger partial charge is 0.254 e. The average molecular weight is 486 g/mol. The molecule has 1 amide bonds. The lowest BCUT2D eigenvalue weighted by molar-refractivity contribution is 0.0507. The highest BCUT2D eigenvalue weighted by atomic mass is 19.1. The van der Waals surface area contributed by atoms with Crippen molar-refractivity contribution in [3.05, 3.63) is 114 Å². The number of hydrogen-bond donors (Lipinski definition) is 0. The quantitative estimate of drug-likeness (QED) is 0.318. The maximum absolute atomic E-state index is 13.5. The summed E-state index contributed by atoms with van der Waals surface area (Å²) in [5.74, 6) is 0.372. The third kappa shape index (κ3) is 5.98. The van der Waals surface area contributed by atoms with Crippen LogP contribution < -0.4 is 4.74 Å². The number of benzene rings is 3. The van der Waals surface area contributed by atoms with E-state index in [-0.39, 0.29) is 24.4 Å². The van der Waals surface area contributed by atoms with Crippen LogP contribution in [0.1, 0.15) is 34.3 Å². The molecular formula is C29H28FN3O3. The molecule has 0 radical (unpaired) electrons. The SMILES string of the molecule is O=C(c1ccc(-n2cccn2)cc1)N(Cc1ccc(OCc2cccc(F)c2)cc1)C[C@@H]1CCCO1. The fraction of sp³-hybridized carbons (Fsp3) is 0.241. The molecule has 36 heavy (non-hydrogen) atoms. The van der Waals surface area contributed by atoms with Gasteiger partial charge in [-0.3, -0.25) is 4.79 Å². The zero-order valence-corrected chi connectivity index (χ0v) is 19.9. The van der Waals surface area contributed by atoms with Crippen LogP contribution in [0.4, 0.5) is 4.39 Å². The van der Waals surface area contributed by atoms with Crippen molar-refractivity contribution in [2.45, 2.75) is 32.1 Å². The van der Waals surface area contributed by atoms with Gasteiger partial charge in [0.15, 0.2) is 0 Å². The molecule has 1 atom stereocenters. The summed E-state index contributed by atoms with van der Waals surface area (Å²) >= 11 is 0. The van der Waals surface area contributed by atoms with Crippen LogP contribution in [0, 0.1) is 5.82 Å². The van der Waals surface area contributed by atoms with Crippen molar-refractivity contribution in [1.29, 1.82) is 0 Å². The first kappa shape index (κ1) is 23.8. The van der Waals surface area contributed by atoms with Gasteiger partial charge in [-0.05, 0) is 78.6 Å². The molecule has 0 bridgehead atoms. The van der Waals surface area contributed by atoms with Crippen LogP contribution in [0.3, 0.4) is 0 Å². The Morgan fingerprint density at radius 2 is 1.89 bits per heavy atom. The number of carbonyl (C=O) groups excluding carboxylic acids is 1. The van der Waals surface area contributed by atoms with E-state index in [1.807, 2.05) is 71.8 Å². The van der Waals surface area contributed by atoms with Crippen molar-refractivity contribution in [2.75, 3.05) is 13.2 Å². The predicted octanol–water partition coefficient (Wildman–Crippen LogP) is 5.41. The number of hydrogen-bond acceptors (Lipinski definition) is 4.